The molecule has 4 aromatic rings. The number of carbonyl (C=O) groups excluding carboxylic acids is 1. The highest BCUT2D eigenvalue weighted by Crippen LogP contribution is 2.40. The van der Waals surface area contributed by atoms with E-state index in [9.17, 15) is 13.2 Å². The summed E-state index contributed by atoms with van der Waals surface area (Å²) in [6.07, 6.45) is 1.11. The number of nitrogens with zero attached hydrogens (tertiary/aromatic N) is 2. The molecule has 0 radical (unpaired) electrons. The lowest BCUT2D eigenvalue weighted by molar-refractivity contribution is 0.0964. The van der Waals surface area contributed by atoms with Crippen molar-refractivity contribution >= 4 is 60.5 Å². The van der Waals surface area contributed by atoms with Crippen molar-refractivity contribution in [2.75, 3.05) is 49.4 Å². The van der Waals surface area contributed by atoms with Gasteiger partial charge in [-0.1, -0.05) is 24.3 Å². The van der Waals surface area contributed by atoms with Crippen molar-refractivity contribution in [2.24, 2.45) is 0 Å². The second-order valence-electron chi connectivity index (χ2n) is 8.25. The number of rotatable bonds is 7. The Hall–Kier alpha value is -4.05. The van der Waals surface area contributed by atoms with Crippen LogP contribution >= 0.6 is 0 Å². The average molecular weight is 494 g/mol. The van der Waals surface area contributed by atoms with E-state index in [4.69, 9.17) is 9.72 Å². The van der Waals surface area contributed by atoms with E-state index in [1.807, 2.05) is 55.4 Å². The van der Waals surface area contributed by atoms with Crippen LogP contribution in [0.15, 0.2) is 54.6 Å². The minimum Gasteiger partial charge on any atom is -0.494 e. The second-order valence-corrected chi connectivity index (χ2v) is 10.00. The maximum absolute atomic E-state index is 12.6. The molecule has 0 aliphatic heterocycles. The van der Waals surface area contributed by atoms with Gasteiger partial charge in [0.15, 0.2) is 0 Å². The molecule has 9 nitrogen and oxygen atoms in total. The summed E-state index contributed by atoms with van der Waals surface area (Å²) in [4.78, 5) is 19.3. The lowest BCUT2D eigenvalue weighted by Crippen LogP contribution is -2.18. The third kappa shape index (κ3) is 4.78. The number of benzene rings is 3. The largest absolute Gasteiger partial charge is 0.494 e. The highest BCUT2D eigenvalue weighted by atomic mass is 32.2. The van der Waals surface area contributed by atoms with Gasteiger partial charge in [0, 0.05) is 31.9 Å². The van der Waals surface area contributed by atoms with Crippen molar-refractivity contribution < 1.29 is 17.9 Å². The van der Waals surface area contributed by atoms with Crippen LogP contribution < -0.4 is 25.0 Å². The van der Waals surface area contributed by atoms with Crippen LogP contribution in [-0.4, -0.2) is 53.8 Å². The van der Waals surface area contributed by atoms with E-state index in [0.29, 0.717) is 28.0 Å². The molecular weight excluding hydrogens is 466 g/mol. The van der Waals surface area contributed by atoms with E-state index >= 15 is 0 Å². The number of fused-ring (bicyclic) bond motifs is 2. The number of aromatic nitrogens is 1. The zero-order chi connectivity index (χ0) is 25.3. The zero-order valence-corrected chi connectivity index (χ0v) is 20.9. The first-order chi connectivity index (χ1) is 16.6. The summed E-state index contributed by atoms with van der Waals surface area (Å²) < 4.78 is 31.5. The number of carbonyl (C=O) groups is 1. The van der Waals surface area contributed by atoms with E-state index < -0.39 is 10.0 Å². The fourth-order valence-electron chi connectivity index (χ4n) is 4.00. The number of nitrogens with one attached hydrogen (secondary N) is 3. The van der Waals surface area contributed by atoms with Crippen LogP contribution in [-0.2, 0) is 10.0 Å². The Balaban J connectivity index is 1.99. The molecule has 3 aromatic carbocycles. The molecule has 0 bridgehead atoms. The Morgan fingerprint density at radius 2 is 1.69 bits per heavy atom. The molecular formula is C25H27N5O4S. The van der Waals surface area contributed by atoms with Crippen LogP contribution in [0, 0.1) is 0 Å². The molecule has 0 saturated carbocycles. The minimum atomic E-state index is -3.42. The molecule has 1 amide bonds. The number of methoxy groups -OCH3 is 1. The Bertz CT molecular complexity index is 1550. The monoisotopic (exact) mass is 493 g/mol. The van der Waals surface area contributed by atoms with Gasteiger partial charge in [-0.25, -0.2) is 13.4 Å². The number of hydrogen-bond acceptors (Lipinski definition) is 7. The molecule has 10 heteroatoms. The number of amides is 1. The van der Waals surface area contributed by atoms with E-state index in [0.717, 1.165) is 34.1 Å². The molecule has 35 heavy (non-hydrogen) atoms. The highest BCUT2D eigenvalue weighted by Gasteiger charge is 2.19. The molecule has 0 unspecified atom stereocenters. The van der Waals surface area contributed by atoms with Crippen LogP contribution in [0.2, 0.25) is 0 Å². The van der Waals surface area contributed by atoms with Crippen LogP contribution in [0.3, 0.4) is 0 Å². The fourth-order valence-corrected chi connectivity index (χ4v) is 4.55. The zero-order valence-electron chi connectivity index (χ0n) is 20.1. The van der Waals surface area contributed by atoms with Gasteiger partial charge < -0.3 is 20.3 Å². The van der Waals surface area contributed by atoms with E-state index in [-0.39, 0.29) is 5.91 Å². The topological polar surface area (TPSA) is 113 Å². The normalized spacial score (nSPS) is 11.3. The summed E-state index contributed by atoms with van der Waals surface area (Å²) in [6.45, 7) is 0. The smallest absolute Gasteiger partial charge is 0.253 e. The van der Waals surface area contributed by atoms with Crippen molar-refractivity contribution in [1.29, 1.82) is 0 Å². The Kier molecular flexibility index (Phi) is 6.40. The van der Waals surface area contributed by atoms with Crippen LogP contribution in [0.25, 0.3) is 21.8 Å². The van der Waals surface area contributed by atoms with Gasteiger partial charge in [-0.05, 0) is 30.3 Å². The maximum Gasteiger partial charge on any atom is 0.253 e. The Labute approximate surface area is 204 Å². The first-order valence-electron chi connectivity index (χ1n) is 10.8. The predicted molar refractivity (Wildman–Crippen MR) is 142 cm³/mol. The number of para-hydroxylation sites is 2. The minimum absolute atomic E-state index is 0.242. The van der Waals surface area contributed by atoms with Crippen molar-refractivity contribution in [1.82, 2.24) is 10.3 Å². The maximum atomic E-state index is 12.6. The molecule has 1 heterocycles. The third-order valence-electron chi connectivity index (χ3n) is 5.53. The SMILES string of the molecule is CNC(=O)c1cccc2c(Nc3ccc(NS(C)(=O)=O)cc3N(C)C)c3cccc(OC)c3nc12. The number of ether oxygens (including phenoxy) is 1. The summed E-state index contributed by atoms with van der Waals surface area (Å²) in [5, 5.41) is 7.77. The van der Waals surface area contributed by atoms with Gasteiger partial charge in [-0.2, -0.15) is 0 Å². The predicted octanol–water partition coefficient (Wildman–Crippen LogP) is 3.94. The average Bonchev–Trinajstić information content (AvgIpc) is 2.82. The van der Waals surface area contributed by atoms with E-state index in [1.54, 1.807) is 32.4 Å². The lowest BCUT2D eigenvalue weighted by Gasteiger charge is -2.22. The van der Waals surface area contributed by atoms with Gasteiger partial charge in [0.25, 0.3) is 5.91 Å². The van der Waals surface area contributed by atoms with Gasteiger partial charge in [0.2, 0.25) is 10.0 Å². The fraction of sp³-hybridized carbons (Fsp3) is 0.200. The number of sulfonamides is 1. The summed E-state index contributed by atoms with van der Waals surface area (Å²) in [5.41, 5.74) is 4.31. The van der Waals surface area contributed by atoms with Crippen LogP contribution in [0.4, 0.5) is 22.7 Å². The summed E-state index contributed by atoms with van der Waals surface area (Å²) >= 11 is 0. The van der Waals surface area contributed by atoms with Gasteiger partial charge in [-0.15, -0.1) is 0 Å². The molecule has 0 aliphatic rings. The molecule has 0 fully saturated rings. The van der Waals surface area contributed by atoms with E-state index in [1.165, 1.54) is 0 Å². The number of hydrogen-bond donors (Lipinski definition) is 3. The van der Waals surface area contributed by atoms with Crippen LogP contribution in [0.5, 0.6) is 5.75 Å². The third-order valence-corrected chi connectivity index (χ3v) is 6.14. The quantitative estimate of drug-likeness (QED) is 0.334. The standard InChI is InChI=1S/C25H27N5O4S/c1-26-25(31)18-10-6-8-16-22(17-9-7-11-21(34-4)24(17)28-23(16)18)27-19-13-12-15(29-35(5,32)33)14-20(19)30(2)3/h6-14,29H,1-5H3,(H,26,31)(H,27,28). The Morgan fingerprint density at radius 3 is 2.31 bits per heavy atom. The molecule has 0 aliphatic carbocycles. The first kappa shape index (κ1) is 24.1. The van der Waals surface area contributed by atoms with Gasteiger partial charge in [0.05, 0.1) is 47.2 Å². The number of pyridine rings is 1. The van der Waals surface area contributed by atoms with Crippen LogP contribution in [0.1, 0.15) is 10.4 Å². The Morgan fingerprint density at radius 1 is 1.00 bits per heavy atom. The van der Waals surface area contributed by atoms with E-state index in [2.05, 4.69) is 15.4 Å². The molecule has 3 N–H and O–H groups in total. The summed E-state index contributed by atoms with van der Waals surface area (Å²) in [5.74, 6) is 0.341. The van der Waals surface area contributed by atoms with Crippen molar-refractivity contribution in [3.8, 4) is 5.75 Å². The second kappa shape index (κ2) is 9.30. The van der Waals surface area contributed by atoms with Crippen molar-refractivity contribution in [3.63, 3.8) is 0 Å². The highest BCUT2D eigenvalue weighted by molar-refractivity contribution is 7.92. The van der Waals surface area contributed by atoms with Gasteiger partial charge >= 0.3 is 0 Å². The first-order valence-corrected chi connectivity index (χ1v) is 12.7. The summed E-state index contributed by atoms with van der Waals surface area (Å²) in [6, 6.07) is 16.4. The lowest BCUT2D eigenvalue weighted by atomic mass is 10.0. The van der Waals surface area contributed by atoms with Crippen molar-refractivity contribution in [2.45, 2.75) is 0 Å². The molecule has 0 saturated heterocycles. The van der Waals surface area contributed by atoms with Gasteiger partial charge in [0.1, 0.15) is 11.3 Å². The van der Waals surface area contributed by atoms with Gasteiger partial charge in [-0.3, -0.25) is 9.52 Å². The molecule has 182 valence electrons. The molecule has 0 spiro atoms. The number of anilines is 4. The summed E-state index contributed by atoms with van der Waals surface area (Å²) in [7, 11) is 3.49. The molecule has 0 atom stereocenters. The molecule has 1 aromatic heterocycles. The van der Waals surface area contributed by atoms with Crippen molar-refractivity contribution in [3.05, 3.63) is 60.2 Å². The molecule has 4 rings (SSSR count).